The van der Waals surface area contributed by atoms with Crippen LogP contribution in [0.4, 0.5) is 0 Å². The molecule has 0 aliphatic rings. The molecule has 0 saturated carbocycles. The van der Waals surface area contributed by atoms with Crippen LogP contribution in [0.3, 0.4) is 0 Å². The molecule has 0 heterocycles. The lowest BCUT2D eigenvalue weighted by Gasteiger charge is -1.94. The van der Waals surface area contributed by atoms with Crippen LogP contribution in [-0.2, 0) is 14.4 Å². The molecular formula is H4BNO5S. The van der Waals surface area contributed by atoms with E-state index in [2.05, 4.69) is 9.24 Å². The number of hydrogen-bond donors (Lipinski definition) is 3. The summed E-state index contributed by atoms with van der Waals surface area (Å²) in [5.74, 6) is 0. The predicted molar refractivity (Wildman–Crippen MR) is 24.4 cm³/mol. The molecule has 0 rings (SSSR count). The molecule has 0 fully saturated rings. The van der Waals surface area contributed by atoms with Gasteiger partial charge < -0.3 is 10.0 Å². The Labute approximate surface area is 46.3 Å². The zero-order chi connectivity index (χ0) is 6.78. The van der Waals surface area contributed by atoms with Gasteiger partial charge in [0.15, 0.2) is 0 Å². The minimum absolute atomic E-state index is 2.37. The Morgan fingerprint density at radius 1 is 1.50 bits per heavy atom. The van der Waals surface area contributed by atoms with E-state index in [1.54, 1.807) is 0 Å². The zero-order valence-electron chi connectivity index (χ0n) is 3.68. The predicted octanol–water partition coefficient (Wildman–Crippen LogP) is -2.82. The molecule has 0 aliphatic heterocycles. The van der Waals surface area contributed by atoms with Gasteiger partial charge in [0.1, 0.15) is 0 Å². The lowest BCUT2D eigenvalue weighted by molar-refractivity contribution is 0.290. The molecule has 0 radical (unpaired) electrons. The Kier molecular flexibility index (Phi) is 2.38. The fourth-order valence-corrected chi connectivity index (χ4v) is 0.360. The second kappa shape index (κ2) is 2.42. The first-order valence-corrected chi connectivity index (χ1v) is 2.96. The fraction of sp³-hybridized carbons (Fsp3) is 0. The van der Waals surface area contributed by atoms with Crippen molar-refractivity contribution in [2.75, 3.05) is 0 Å². The lowest BCUT2D eigenvalue weighted by atomic mass is 10.3. The summed E-state index contributed by atoms with van der Waals surface area (Å²) in [5.41, 5.74) is 0. The average molecular weight is 141 g/mol. The van der Waals surface area contributed by atoms with E-state index in [9.17, 15) is 8.42 Å². The molecule has 8 heteroatoms. The molecule has 0 unspecified atom stereocenters. The van der Waals surface area contributed by atoms with Crippen molar-refractivity contribution >= 4 is 17.6 Å². The topological polar surface area (TPSA) is 110 Å². The number of rotatable bonds is 2. The molecule has 8 heavy (non-hydrogen) atoms. The maximum Gasteiger partial charge on any atom is 0.649 e. The number of nitrogens with two attached hydrogens (primary N) is 1. The normalized spacial score (nSPS) is 11.4. The van der Waals surface area contributed by atoms with E-state index in [0.717, 1.165) is 0 Å². The molecule has 0 amide bonds. The van der Waals surface area contributed by atoms with Gasteiger partial charge in [-0.2, -0.15) is 8.42 Å². The van der Waals surface area contributed by atoms with Crippen molar-refractivity contribution in [1.29, 1.82) is 0 Å². The maximum absolute atomic E-state index is 9.68. The highest BCUT2D eigenvalue weighted by Gasteiger charge is 2.16. The number of hydrogen-bond acceptors (Lipinski definition) is 5. The van der Waals surface area contributed by atoms with E-state index in [-0.39, 0.29) is 0 Å². The summed E-state index contributed by atoms with van der Waals surface area (Å²) in [7, 11) is -6.59. The second-order valence-corrected chi connectivity index (χ2v) is 2.09. The highest BCUT2D eigenvalue weighted by molar-refractivity contribution is 7.85. The van der Waals surface area contributed by atoms with Crippen LogP contribution in [0, 0.1) is 0 Å². The van der Waals surface area contributed by atoms with Gasteiger partial charge in [-0.3, -0.25) is 4.10 Å². The lowest BCUT2D eigenvalue weighted by Crippen LogP contribution is -2.27. The van der Waals surface area contributed by atoms with Crippen molar-refractivity contribution in [2.45, 2.75) is 0 Å². The van der Waals surface area contributed by atoms with Crippen LogP contribution in [0.1, 0.15) is 0 Å². The van der Waals surface area contributed by atoms with E-state index in [1.165, 1.54) is 0 Å². The largest absolute Gasteiger partial charge is 0.649 e. The van der Waals surface area contributed by atoms with Crippen molar-refractivity contribution in [3.63, 3.8) is 0 Å². The Balaban J connectivity index is 3.75. The third-order valence-corrected chi connectivity index (χ3v) is 0.661. The quantitative estimate of drug-likeness (QED) is 0.359. The Bertz CT molecular complexity index is 146. The van der Waals surface area contributed by atoms with Gasteiger partial charge in [-0.25, -0.2) is 5.14 Å². The van der Waals surface area contributed by atoms with E-state index < -0.39 is 17.6 Å². The third kappa shape index (κ3) is 5.85. The average Bonchev–Trinajstić information content (AvgIpc) is 1.21. The van der Waals surface area contributed by atoms with Gasteiger partial charge in [-0.1, -0.05) is 0 Å². The summed E-state index contributed by atoms with van der Waals surface area (Å²) >= 11 is 0. The summed E-state index contributed by atoms with van der Waals surface area (Å²) in [4.78, 5) is 0. The van der Waals surface area contributed by atoms with Crippen LogP contribution >= 0.6 is 0 Å². The zero-order valence-corrected chi connectivity index (χ0v) is 4.50. The maximum atomic E-state index is 9.68. The molecule has 48 valence electrons. The second-order valence-electron chi connectivity index (χ2n) is 0.915. The first kappa shape index (κ1) is 7.85. The third-order valence-electron chi connectivity index (χ3n) is 0.220. The van der Waals surface area contributed by atoms with Crippen LogP contribution < -0.4 is 5.14 Å². The van der Waals surface area contributed by atoms with Crippen molar-refractivity contribution in [2.24, 2.45) is 5.14 Å². The fourth-order valence-electron chi connectivity index (χ4n) is 0.120. The molecule has 0 saturated heterocycles. The van der Waals surface area contributed by atoms with Crippen LogP contribution in [0.25, 0.3) is 0 Å². The Morgan fingerprint density at radius 2 is 1.88 bits per heavy atom. The smallest absolute Gasteiger partial charge is 0.401 e. The molecule has 0 aliphatic carbocycles. The Hall–Kier alpha value is -0.145. The van der Waals surface area contributed by atoms with Crippen molar-refractivity contribution in [3.05, 3.63) is 0 Å². The van der Waals surface area contributed by atoms with Gasteiger partial charge in [0, 0.05) is 0 Å². The molecule has 0 aromatic rings. The van der Waals surface area contributed by atoms with E-state index in [0.29, 0.717) is 0 Å². The van der Waals surface area contributed by atoms with Gasteiger partial charge in [-0.15, -0.1) is 0 Å². The van der Waals surface area contributed by atoms with E-state index >= 15 is 0 Å². The van der Waals surface area contributed by atoms with Crippen LogP contribution in [0.15, 0.2) is 0 Å². The minimum atomic E-state index is -4.22. The standard InChI is InChI=1S/BH4NO5S/c2-8(5,6)7-1(3)4/h3-4H,(H2,2,5,6). The van der Waals surface area contributed by atoms with Crippen molar-refractivity contribution in [1.82, 2.24) is 0 Å². The van der Waals surface area contributed by atoms with Gasteiger partial charge in [0.25, 0.3) is 0 Å². The summed E-state index contributed by atoms with van der Waals surface area (Å²) < 4.78 is 22.7. The SMILES string of the molecule is NS(=O)(=O)OB(O)O. The molecule has 0 aromatic heterocycles. The first-order valence-electron chi connectivity index (χ1n) is 1.49. The molecule has 0 spiro atoms. The molecule has 6 nitrogen and oxygen atoms in total. The first-order chi connectivity index (χ1) is 3.42. The van der Waals surface area contributed by atoms with Crippen LogP contribution in [0.2, 0.25) is 0 Å². The molecular weight excluding hydrogens is 137 g/mol. The molecule has 0 bridgehead atoms. The van der Waals surface area contributed by atoms with Gasteiger partial charge in [-0.05, 0) is 0 Å². The monoisotopic (exact) mass is 141 g/mol. The minimum Gasteiger partial charge on any atom is -0.401 e. The summed E-state index contributed by atoms with van der Waals surface area (Å²) in [5, 5.41) is 19.7. The van der Waals surface area contributed by atoms with E-state index in [1.807, 2.05) is 0 Å². The summed E-state index contributed by atoms with van der Waals surface area (Å²) in [6.45, 7) is 0. The molecule has 4 N–H and O–H groups in total. The Morgan fingerprint density at radius 3 is 1.88 bits per heavy atom. The molecule has 0 aromatic carbocycles. The van der Waals surface area contributed by atoms with Crippen LogP contribution in [0.5, 0.6) is 0 Å². The van der Waals surface area contributed by atoms with Gasteiger partial charge >= 0.3 is 17.6 Å². The molecule has 0 atom stereocenters. The van der Waals surface area contributed by atoms with Crippen LogP contribution in [-0.4, -0.2) is 25.8 Å². The summed E-state index contributed by atoms with van der Waals surface area (Å²) in [6, 6.07) is 0. The van der Waals surface area contributed by atoms with Gasteiger partial charge in [0.05, 0.1) is 0 Å². The highest BCUT2D eigenvalue weighted by Crippen LogP contribution is 1.79. The summed E-state index contributed by atoms with van der Waals surface area (Å²) in [6.07, 6.45) is 0. The highest BCUT2D eigenvalue weighted by atomic mass is 32.2. The van der Waals surface area contributed by atoms with Crippen molar-refractivity contribution < 1.29 is 22.6 Å². The van der Waals surface area contributed by atoms with Crippen molar-refractivity contribution in [3.8, 4) is 0 Å². The van der Waals surface area contributed by atoms with E-state index in [4.69, 9.17) is 10.0 Å². The van der Waals surface area contributed by atoms with Gasteiger partial charge in [0.2, 0.25) is 0 Å².